The third-order valence-corrected chi connectivity index (χ3v) is 3.63. The van der Waals surface area contributed by atoms with Crippen molar-refractivity contribution in [1.82, 2.24) is 10.2 Å². The van der Waals surface area contributed by atoms with Gasteiger partial charge in [-0.3, -0.25) is 19.7 Å². The zero-order chi connectivity index (χ0) is 15.4. The number of carbonyl (C=O) groups excluding carboxylic acids is 3. The van der Waals surface area contributed by atoms with Gasteiger partial charge in [0, 0.05) is 12.1 Å². The van der Waals surface area contributed by atoms with E-state index in [1.807, 2.05) is 25.1 Å². The second-order valence-corrected chi connectivity index (χ2v) is 5.06. The number of hydrogen-bond donors (Lipinski definition) is 2. The molecule has 6 heteroatoms. The predicted molar refractivity (Wildman–Crippen MR) is 78.1 cm³/mol. The molecule has 6 nitrogen and oxygen atoms in total. The molecule has 1 aliphatic heterocycles. The molecule has 3 N–H and O–H groups in total. The number of piperazine rings is 1. The summed E-state index contributed by atoms with van der Waals surface area (Å²) in [6.07, 6.45) is 1.21. The first-order valence-corrected chi connectivity index (χ1v) is 6.99. The molecule has 1 unspecified atom stereocenters. The lowest BCUT2D eigenvalue weighted by atomic mass is 10.0. The van der Waals surface area contributed by atoms with Gasteiger partial charge in [0.05, 0.1) is 0 Å². The van der Waals surface area contributed by atoms with Crippen LogP contribution in [0.2, 0.25) is 0 Å². The number of nitrogens with two attached hydrogens (primary N) is 1. The van der Waals surface area contributed by atoms with Crippen molar-refractivity contribution in [1.29, 1.82) is 0 Å². The highest BCUT2D eigenvalue weighted by Gasteiger charge is 2.35. The molecule has 1 heterocycles. The smallest absolute Gasteiger partial charge is 0.249 e. The van der Waals surface area contributed by atoms with E-state index in [2.05, 4.69) is 5.32 Å². The SMILES string of the molecule is CCC1C(=O)NC(=O)CN1C(=O)CCc1ccccc1N. The molecule has 112 valence electrons. The number of para-hydroxylation sites is 1. The maximum absolute atomic E-state index is 12.3. The van der Waals surface area contributed by atoms with Crippen LogP contribution in [0.25, 0.3) is 0 Å². The summed E-state index contributed by atoms with van der Waals surface area (Å²) in [7, 11) is 0. The predicted octanol–water partition coefficient (Wildman–Crippen LogP) is 0.465. The number of benzene rings is 1. The molecule has 2 rings (SSSR count). The Bertz CT molecular complexity index is 571. The summed E-state index contributed by atoms with van der Waals surface area (Å²) in [4.78, 5) is 36.8. The van der Waals surface area contributed by atoms with E-state index in [-0.39, 0.29) is 18.9 Å². The van der Waals surface area contributed by atoms with Gasteiger partial charge in [0.15, 0.2) is 0 Å². The molecule has 21 heavy (non-hydrogen) atoms. The van der Waals surface area contributed by atoms with Crippen LogP contribution in [0.5, 0.6) is 0 Å². The topological polar surface area (TPSA) is 92.5 Å². The van der Waals surface area contributed by atoms with Crippen molar-refractivity contribution < 1.29 is 14.4 Å². The van der Waals surface area contributed by atoms with Crippen LogP contribution >= 0.6 is 0 Å². The average Bonchev–Trinajstić information content (AvgIpc) is 2.45. The first-order valence-electron chi connectivity index (χ1n) is 6.99. The molecule has 1 atom stereocenters. The molecule has 1 aromatic rings. The number of carbonyl (C=O) groups is 3. The van der Waals surface area contributed by atoms with Gasteiger partial charge in [-0.15, -0.1) is 0 Å². The van der Waals surface area contributed by atoms with E-state index in [1.165, 1.54) is 4.90 Å². The zero-order valence-corrected chi connectivity index (χ0v) is 12.0. The molecule has 0 saturated carbocycles. The number of anilines is 1. The van der Waals surface area contributed by atoms with Gasteiger partial charge < -0.3 is 10.6 Å². The fraction of sp³-hybridized carbons (Fsp3) is 0.400. The number of aryl methyl sites for hydroxylation is 1. The Morgan fingerprint density at radius 2 is 2.10 bits per heavy atom. The van der Waals surface area contributed by atoms with Gasteiger partial charge in [-0.05, 0) is 24.5 Å². The Balaban J connectivity index is 2.03. The number of hydrogen-bond acceptors (Lipinski definition) is 4. The fourth-order valence-corrected chi connectivity index (χ4v) is 2.48. The third kappa shape index (κ3) is 3.39. The van der Waals surface area contributed by atoms with Crippen molar-refractivity contribution in [3.05, 3.63) is 29.8 Å². The van der Waals surface area contributed by atoms with Crippen molar-refractivity contribution in [2.75, 3.05) is 12.3 Å². The van der Waals surface area contributed by atoms with E-state index < -0.39 is 17.9 Å². The van der Waals surface area contributed by atoms with Crippen LogP contribution in [0.1, 0.15) is 25.3 Å². The van der Waals surface area contributed by atoms with E-state index in [4.69, 9.17) is 5.73 Å². The second kappa shape index (κ2) is 6.39. The molecule has 0 aromatic heterocycles. The van der Waals surface area contributed by atoms with Crippen LogP contribution in [0.15, 0.2) is 24.3 Å². The van der Waals surface area contributed by atoms with Crippen molar-refractivity contribution >= 4 is 23.4 Å². The molecule has 0 radical (unpaired) electrons. The standard InChI is InChI=1S/C15H19N3O3/c1-2-12-15(21)17-13(19)9-18(12)14(20)8-7-10-5-3-4-6-11(10)16/h3-6,12H,2,7-9,16H2,1H3,(H,17,19,21). The van der Waals surface area contributed by atoms with Gasteiger partial charge in [0.2, 0.25) is 17.7 Å². The summed E-state index contributed by atoms with van der Waals surface area (Å²) < 4.78 is 0. The quantitative estimate of drug-likeness (QED) is 0.622. The summed E-state index contributed by atoms with van der Waals surface area (Å²) in [5, 5.41) is 2.26. The number of imide groups is 1. The number of nitrogens with one attached hydrogen (secondary N) is 1. The van der Waals surface area contributed by atoms with E-state index in [9.17, 15) is 14.4 Å². The monoisotopic (exact) mass is 289 g/mol. The highest BCUT2D eigenvalue weighted by Crippen LogP contribution is 2.16. The molecular weight excluding hydrogens is 270 g/mol. The Morgan fingerprint density at radius 1 is 1.38 bits per heavy atom. The van der Waals surface area contributed by atoms with E-state index in [0.717, 1.165) is 5.56 Å². The summed E-state index contributed by atoms with van der Waals surface area (Å²) in [6, 6.07) is 6.79. The van der Waals surface area contributed by atoms with Crippen molar-refractivity contribution in [2.45, 2.75) is 32.2 Å². The van der Waals surface area contributed by atoms with Crippen LogP contribution in [0.3, 0.4) is 0 Å². The van der Waals surface area contributed by atoms with Gasteiger partial charge in [-0.1, -0.05) is 25.1 Å². The molecule has 1 fully saturated rings. The van der Waals surface area contributed by atoms with Gasteiger partial charge >= 0.3 is 0 Å². The highest BCUT2D eigenvalue weighted by atomic mass is 16.2. The van der Waals surface area contributed by atoms with Crippen LogP contribution in [0.4, 0.5) is 5.69 Å². The zero-order valence-electron chi connectivity index (χ0n) is 12.0. The lowest BCUT2D eigenvalue weighted by Crippen LogP contribution is -2.59. The minimum absolute atomic E-state index is 0.0622. The van der Waals surface area contributed by atoms with Crippen LogP contribution in [0, 0.1) is 0 Å². The minimum Gasteiger partial charge on any atom is -0.399 e. The molecule has 0 aliphatic carbocycles. The summed E-state index contributed by atoms with van der Waals surface area (Å²) in [6.45, 7) is 1.75. The lowest BCUT2D eigenvalue weighted by molar-refractivity contribution is -0.150. The Labute approximate surface area is 123 Å². The molecule has 0 spiro atoms. The Hall–Kier alpha value is -2.37. The number of amides is 3. The third-order valence-electron chi connectivity index (χ3n) is 3.63. The Kier molecular flexibility index (Phi) is 4.57. The van der Waals surface area contributed by atoms with Gasteiger partial charge in [-0.25, -0.2) is 0 Å². The molecule has 1 aromatic carbocycles. The average molecular weight is 289 g/mol. The maximum atomic E-state index is 12.3. The normalized spacial score (nSPS) is 18.5. The number of nitrogens with zero attached hydrogens (tertiary/aromatic N) is 1. The lowest BCUT2D eigenvalue weighted by Gasteiger charge is -2.33. The molecule has 0 bridgehead atoms. The molecule has 1 saturated heterocycles. The maximum Gasteiger partial charge on any atom is 0.249 e. The first kappa shape index (κ1) is 15.0. The highest BCUT2D eigenvalue weighted by molar-refractivity contribution is 6.04. The van der Waals surface area contributed by atoms with Crippen molar-refractivity contribution in [3.63, 3.8) is 0 Å². The van der Waals surface area contributed by atoms with Gasteiger partial charge in [0.1, 0.15) is 12.6 Å². The molecular formula is C15H19N3O3. The number of rotatable bonds is 4. The minimum atomic E-state index is -0.566. The van der Waals surface area contributed by atoms with E-state index in [1.54, 1.807) is 6.07 Å². The van der Waals surface area contributed by atoms with E-state index >= 15 is 0 Å². The summed E-state index contributed by atoms with van der Waals surface area (Å²) >= 11 is 0. The number of nitrogen functional groups attached to an aromatic ring is 1. The second-order valence-electron chi connectivity index (χ2n) is 5.06. The van der Waals surface area contributed by atoms with Gasteiger partial charge in [-0.2, -0.15) is 0 Å². The summed E-state index contributed by atoms with van der Waals surface area (Å²) in [5.41, 5.74) is 7.38. The van der Waals surface area contributed by atoms with E-state index in [0.29, 0.717) is 18.5 Å². The summed E-state index contributed by atoms with van der Waals surface area (Å²) in [5.74, 6) is -1.04. The largest absolute Gasteiger partial charge is 0.399 e. The fourth-order valence-electron chi connectivity index (χ4n) is 2.48. The molecule has 3 amide bonds. The van der Waals surface area contributed by atoms with Gasteiger partial charge in [0.25, 0.3) is 0 Å². The van der Waals surface area contributed by atoms with Crippen LogP contribution in [-0.2, 0) is 20.8 Å². The van der Waals surface area contributed by atoms with Crippen molar-refractivity contribution in [3.8, 4) is 0 Å². The molecule has 1 aliphatic rings. The van der Waals surface area contributed by atoms with Crippen LogP contribution < -0.4 is 11.1 Å². The van der Waals surface area contributed by atoms with Crippen molar-refractivity contribution in [2.24, 2.45) is 0 Å². The first-order chi connectivity index (χ1) is 10.0. The van der Waals surface area contributed by atoms with Crippen LogP contribution in [-0.4, -0.2) is 35.2 Å². The Morgan fingerprint density at radius 3 is 2.76 bits per heavy atom.